The molecule has 2 heterocycles. The highest BCUT2D eigenvalue weighted by Gasteiger charge is 2.48. The number of esters is 1. The van der Waals surface area contributed by atoms with Crippen LogP contribution in [0, 0.1) is 5.92 Å². The first-order valence-corrected chi connectivity index (χ1v) is 7.82. The average Bonchev–Trinajstić information content (AvgIpc) is 2.78. The topological polar surface area (TPSA) is 38.8 Å². The third kappa shape index (κ3) is 2.63. The SMILES string of the molecule is C=C(OC)[C@@H]1C2CCC(C[C@@H]1OC(=O)c1ccccc1)N2C. The minimum Gasteiger partial charge on any atom is -0.501 e. The zero-order valence-electron chi connectivity index (χ0n) is 13.2. The molecular formula is C18H23NO3. The third-order valence-electron chi connectivity index (χ3n) is 5.12. The summed E-state index contributed by atoms with van der Waals surface area (Å²) in [5.74, 6) is 0.493. The van der Waals surface area contributed by atoms with E-state index in [1.165, 1.54) is 0 Å². The Morgan fingerprint density at radius 2 is 2.00 bits per heavy atom. The zero-order valence-corrected chi connectivity index (χ0v) is 13.2. The second-order valence-corrected chi connectivity index (χ2v) is 6.21. The predicted molar refractivity (Wildman–Crippen MR) is 84.5 cm³/mol. The van der Waals surface area contributed by atoms with Crippen molar-refractivity contribution >= 4 is 5.97 Å². The third-order valence-corrected chi connectivity index (χ3v) is 5.12. The van der Waals surface area contributed by atoms with E-state index in [9.17, 15) is 4.79 Å². The summed E-state index contributed by atoms with van der Waals surface area (Å²) < 4.78 is 11.2. The summed E-state index contributed by atoms with van der Waals surface area (Å²) in [7, 11) is 3.78. The minimum atomic E-state index is -0.261. The van der Waals surface area contributed by atoms with Gasteiger partial charge in [-0.15, -0.1) is 0 Å². The highest BCUT2D eigenvalue weighted by molar-refractivity contribution is 5.89. The fourth-order valence-corrected chi connectivity index (χ4v) is 3.88. The van der Waals surface area contributed by atoms with Crippen LogP contribution in [0.25, 0.3) is 0 Å². The number of nitrogens with zero attached hydrogens (tertiary/aromatic N) is 1. The number of piperidine rings is 1. The fraction of sp³-hybridized carbons (Fsp3) is 0.500. The molecule has 0 saturated carbocycles. The molecule has 2 aliphatic rings. The lowest BCUT2D eigenvalue weighted by Gasteiger charge is -2.42. The number of methoxy groups -OCH3 is 1. The van der Waals surface area contributed by atoms with Gasteiger partial charge < -0.3 is 9.47 Å². The molecule has 0 N–H and O–H groups in total. The van der Waals surface area contributed by atoms with Crippen molar-refractivity contribution in [1.29, 1.82) is 0 Å². The van der Waals surface area contributed by atoms with Crippen LogP contribution >= 0.6 is 0 Å². The number of carbonyl (C=O) groups is 1. The molecule has 2 bridgehead atoms. The van der Waals surface area contributed by atoms with Gasteiger partial charge in [-0.05, 0) is 32.0 Å². The van der Waals surface area contributed by atoms with Crippen LogP contribution in [0.15, 0.2) is 42.7 Å². The Morgan fingerprint density at radius 3 is 2.68 bits per heavy atom. The van der Waals surface area contributed by atoms with Crippen molar-refractivity contribution < 1.29 is 14.3 Å². The van der Waals surface area contributed by atoms with E-state index in [1.54, 1.807) is 19.2 Å². The normalized spacial score (nSPS) is 30.8. The van der Waals surface area contributed by atoms with Gasteiger partial charge in [0.1, 0.15) is 6.10 Å². The predicted octanol–water partition coefficient (Wildman–Crippen LogP) is 2.85. The van der Waals surface area contributed by atoms with E-state index in [4.69, 9.17) is 9.47 Å². The van der Waals surface area contributed by atoms with E-state index in [2.05, 4.69) is 18.5 Å². The molecule has 0 spiro atoms. The number of rotatable bonds is 4. The van der Waals surface area contributed by atoms with Gasteiger partial charge >= 0.3 is 5.97 Å². The van der Waals surface area contributed by atoms with Crippen LogP contribution in [0.2, 0.25) is 0 Å². The first-order chi connectivity index (χ1) is 10.6. The molecule has 2 aliphatic heterocycles. The van der Waals surface area contributed by atoms with Crippen molar-refractivity contribution in [3.8, 4) is 0 Å². The second kappa shape index (κ2) is 6.13. The molecule has 4 atom stereocenters. The number of fused-ring (bicyclic) bond motifs is 2. The van der Waals surface area contributed by atoms with Gasteiger partial charge in [-0.1, -0.05) is 24.8 Å². The lowest BCUT2D eigenvalue weighted by molar-refractivity contribution is -0.0358. The summed E-state index contributed by atoms with van der Waals surface area (Å²) in [6.07, 6.45) is 2.94. The van der Waals surface area contributed by atoms with Gasteiger partial charge in [0, 0.05) is 18.5 Å². The lowest BCUT2D eigenvalue weighted by atomic mass is 9.86. The van der Waals surface area contributed by atoms with Gasteiger partial charge in [-0.3, -0.25) is 4.90 Å². The first kappa shape index (κ1) is 15.1. The van der Waals surface area contributed by atoms with E-state index < -0.39 is 0 Å². The number of hydrogen-bond acceptors (Lipinski definition) is 4. The molecule has 2 fully saturated rings. The van der Waals surface area contributed by atoms with Gasteiger partial charge in [0.2, 0.25) is 0 Å². The Bertz CT molecular complexity index is 557. The Hall–Kier alpha value is -1.81. The average molecular weight is 301 g/mol. The molecule has 2 unspecified atom stereocenters. The number of carbonyl (C=O) groups excluding carboxylic acids is 1. The molecule has 4 nitrogen and oxygen atoms in total. The highest BCUT2D eigenvalue weighted by Crippen LogP contribution is 2.42. The molecular weight excluding hydrogens is 278 g/mol. The van der Waals surface area contributed by atoms with Crippen molar-refractivity contribution in [2.24, 2.45) is 5.92 Å². The van der Waals surface area contributed by atoms with Crippen LogP contribution < -0.4 is 0 Å². The summed E-state index contributed by atoms with van der Waals surface area (Å²) in [6, 6.07) is 9.99. The zero-order chi connectivity index (χ0) is 15.7. The van der Waals surface area contributed by atoms with E-state index in [0.717, 1.165) is 19.3 Å². The van der Waals surface area contributed by atoms with Crippen molar-refractivity contribution in [1.82, 2.24) is 4.90 Å². The first-order valence-electron chi connectivity index (χ1n) is 7.82. The maximum absolute atomic E-state index is 12.4. The standard InChI is InChI=1S/C18H23NO3/c1-12(21-3)17-15-10-9-14(19(15)2)11-16(17)22-18(20)13-7-5-4-6-8-13/h4-8,14-17H,1,9-11H2,2-3H3/t14?,15?,16-,17+/m0/s1. The fourth-order valence-electron chi connectivity index (χ4n) is 3.88. The summed E-state index contributed by atoms with van der Waals surface area (Å²) in [5.41, 5.74) is 0.593. The summed E-state index contributed by atoms with van der Waals surface area (Å²) >= 11 is 0. The van der Waals surface area contributed by atoms with Gasteiger partial charge in [0.15, 0.2) is 0 Å². The monoisotopic (exact) mass is 301 g/mol. The van der Waals surface area contributed by atoms with Gasteiger partial charge in [0.25, 0.3) is 0 Å². The van der Waals surface area contributed by atoms with Crippen LogP contribution in [0.1, 0.15) is 29.6 Å². The van der Waals surface area contributed by atoms with Crippen molar-refractivity contribution in [2.45, 2.75) is 37.5 Å². The Balaban J connectivity index is 1.79. The molecule has 22 heavy (non-hydrogen) atoms. The molecule has 2 saturated heterocycles. The van der Waals surface area contributed by atoms with E-state index >= 15 is 0 Å². The molecule has 0 aromatic heterocycles. The van der Waals surface area contributed by atoms with Gasteiger partial charge in [-0.2, -0.15) is 0 Å². The smallest absolute Gasteiger partial charge is 0.338 e. The molecule has 0 amide bonds. The lowest BCUT2D eigenvalue weighted by Crippen LogP contribution is -2.51. The second-order valence-electron chi connectivity index (χ2n) is 6.21. The van der Waals surface area contributed by atoms with E-state index in [0.29, 0.717) is 23.4 Å². The number of benzene rings is 1. The molecule has 3 rings (SSSR count). The molecule has 1 aromatic rings. The quantitative estimate of drug-likeness (QED) is 0.633. The Kier molecular flexibility index (Phi) is 4.21. The molecule has 1 aromatic carbocycles. The molecule has 0 radical (unpaired) electrons. The van der Waals surface area contributed by atoms with Crippen LogP contribution in [-0.2, 0) is 9.47 Å². The Labute approximate surface area is 131 Å². The summed E-state index contributed by atoms with van der Waals surface area (Å²) in [4.78, 5) is 14.8. The maximum atomic E-state index is 12.4. The van der Waals surface area contributed by atoms with Crippen molar-refractivity contribution in [3.63, 3.8) is 0 Å². The summed E-state index contributed by atoms with van der Waals surface area (Å²) in [5, 5.41) is 0. The molecule has 4 heteroatoms. The van der Waals surface area contributed by atoms with Crippen molar-refractivity contribution in [2.75, 3.05) is 14.2 Å². The highest BCUT2D eigenvalue weighted by atomic mass is 16.5. The van der Waals surface area contributed by atoms with E-state index in [1.807, 2.05) is 18.2 Å². The Morgan fingerprint density at radius 1 is 1.27 bits per heavy atom. The van der Waals surface area contributed by atoms with Crippen LogP contribution in [0.3, 0.4) is 0 Å². The minimum absolute atomic E-state index is 0.0430. The number of ether oxygens (including phenoxy) is 2. The summed E-state index contributed by atoms with van der Waals surface area (Å²) in [6.45, 7) is 4.04. The maximum Gasteiger partial charge on any atom is 0.338 e. The molecule has 0 aliphatic carbocycles. The molecule has 118 valence electrons. The number of hydrogen-bond donors (Lipinski definition) is 0. The largest absolute Gasteiger partial charge is 0.501 e. The van der Waals surface area contributed by atoms with Crippen LogP contribution in [0.4, 0.5) is 0 Å². The van der Waals surface area contributed by atoms with Gasteiger partial charge in [-0.25, -0.2) is 4.79 Å². The van der Waals surface area contributed by atoms with Crippen LogP contribution in [0.5, 0.6) is 0 Å². The van der Waals surface area contributed by atoms with Gasteiger partial charge in [0.05, 0.1) is 24.4 Å². The van der Waals surface area contributed by atoms with Crippen molar-refractivity contribution in [3.05, 3.63) is 48.2 Å². The van der Waals surface area contributed by atoms with E-state index in [-0.39, 0.29) is 18.0 Å². The van der Waals surface area contributed by atoms with Crippen LogP contribution in [-0.4, -0.2) is 43.2 Å².